The number of aliphatic hydroxyl groups is 1. The Labute approximate surface area is 141 Å². The number of morpholine rings is 1. The molecule has 2 saturated heterocycles. The predicted molar refractivity (Wildman–Crippen MR) is 85.3 cm³/mol. The summed E-state index contributed by atoms with van der Waals surface area (Å²) in [6.45, 7) is 4.31. The second-order valence-corrected chi connectivity index (χ2v) is 7.20. The van der Waals surface area contributed by atoms with Crippen molar-refractivity contribution in [3.05, 3.63) is 17.5 Å². The number of amides is 1. The van der Waals surface area contributed by atoms with Crippen molar-refractivity contribution in [1.29, 1.82) is 0 Å². The Kier molecular flexibility index (Phi) is 4.56. The minimum absolute atomic E-state index is 0.134. The first kappa shape index (κ1) is 16.1. The number of aliphatic hydroxyl groups excluding tert-OH is 1. The van der Waals surface area contributed by atoms with Crippen molar-refractivity contribution in [2.75, 3.05) is 39.4 Å². The molecule has 1 atom stereocenters. The molecule has 1 amide bonds. The zero-order valence-electron chi connectivity index (χ0n) is 13.9. The van der Waals surface area contributed by atoms with Gasteiger partial charge in [-0.25, -0.2) is 0 Å². The van der Waals surface area contributed by atoms with E-state index in [9.17, 15) is 4.79 Å². The van der Waals surface area contributed by atoms with Crippen molar-refractivity contribution in [2.45, 2.75) is 37.8 Å². The maximum atomic E-state index is 12.8. The number of likely N-dealkylation sites (tertiary alicyclic amines) is 1. The van der Waals surface area contributed by atoms with E-state index in [0.29, 0.717) is 25.5 Å². The van der Waals surface area contributed by atoms with Crippen LogP contribution in [0.3, 0.4) is 0 Å². The fraction of sp³-hybridized carbons (Fsp3) is 0.765. The third kappa shape index (κ3) is 3.08. The number of hydrogen-bond donors (Lipinski definition) is 1. The lowest BCUT2D eigenvalue weighted by atomic mass is 9.84. The van der Waals surface area contributed by atoms with Gasteiger partial charge in [0.15, 0.2) is 5.76 Å². The summed E-state index contributed by atoms with van der Waals surface area (Å²) < 4.78 is 10.6. The van der Waals surface area contributed by atoms with Gasteiger partial charge in [-0.05, 0) is 18.8 Å². The normalized spacial score (nSPS) is 26.2. The Hall–Kier alpha value is -1.44. The van der Waals surface area contributed by atoms with Crippen LogP contribution in [0.5, 0.6) is 0 Å². The first-order valence-electron chi connectivity index (χ1n) is 8.91. The molecule has 0 bridgehead atoms. The van der Waals surface area contributed by atoms with Gasteiger partial charge in [-0.1, -0.05) is 11.6 Å². The molecule has 3 fully saturated rings. The average molecular weight is 335 g/mol. The zero-order chi connectivity index (χ0) is 16.5. The highest BCUT2D eigenvalue weighted by Crippen LogP contribution is 2.30. The van der Waals surface area contributed by atoms with Crippen molar-refractivity contribution in [2.24, 2.45) is 5.92 Å². The fourth-order valence-corrected chi connectivity index (χ4v) is 3.74. The van der Waals surface area contributed by atoms with E-state index in [-0.39, 0.29) is 24.5 Å². The van der Waals surface area contributed by atoms with Crippen LogP contribution in [-0.4, -0.2) is 71.4 Å². The summed E-state index contributed by atoms with van der Waals surface area (Å²) >= 11 is 0. The molecule has 1 unspecified atom stereocenters. The van der Waals surface area contributed by atoms with Crippen molar-refractivity contribution in [3.63, 3.8) is 0 Å². The largest absolute Gasteiger partial charge is 0.388 e. The maximum absolute atomic E-state index is 12.8. The lowest BCUT2D eigenvalue weighted by Crippen LogP contribution is -2.60. The Morgan fingerprint density at radius 3 is 2.88 bits per heavy atom. The summed E-state index contributed by atoms with van der Waals surface area (Å²) in [6, 6.07) is 1.64. The van der Waals surface area contributed by atoms with Crippen molar-refractivity contribution in [3.8, 4) is 0 Å². The molecule has 3 aliphatic rings. The van der Waals surface area contributed by atoms with Crippen molar-refractivity contribution >= 4 is 5.91 Å². The highest BCUT2D eigenvalue weighted by Gasteiger charge is 2.40. The first-order valence-corrected chi connectivity index (χ1v) is 8.91. The highest BCUT2D eigenvalue weighted by atomic mass is 16.5. The van der Waals surface area contributed by atoms with E-state index in [1.807, 2.05) is 4.90 Å². The number of nitrogens with zero attached hydrogens (tertiary/aromatic N) is 3. The Morgan fingerprint density at radius 1 is 1.38 bits per heavy atom. The molecule has 1 aliphatic carbocycles. The molecule has 1 N–H and O–H groups in total. The molecular formula is C17H25N3O4. The van der Waals surface area contributed by atoms with Gasteiger partial charge in [-0.15, -0.1) is 0 Å². The van der Waals surface area contributed by atoms with E-state index >= 15 is 0 Å². The minimum atomic E-state index is -0.141. The third-order valence-electron chi connectivity index (χ3n) is 5.59. The SMILES string of the molecule is O=C(C1COCCN1CC1CCC1)N1CC(c2cc(CO)on2)C1. The second-order valence-electron chi connectivity index (χ2n) is 7.20. The number of ether oxygens (including phenoxy) is 1. The second kappa shape index (κ2) is 6.82. The molecule has 4 rings (SSSR count). The number of hydrogen-bond acceptors (Lipinski definition) is 6. The predicted octanol–water partition coefficient (Wildman–Crippen LogP) is 0.594. The summed E-state index contributed by atoms with van der Waals surface area (Å²) in [5, 5.41) is 13.0. The lowest BCUT2D eigenvalue weighted by molar-refractivity contribution is -0.148. The molecule has 1 aromatic heterocycles. The number of rotatable bonds is 5. The molecule has 1 aromatic rings. The molecule has 2 aliphatic heterocycles. The Bertz CT molecular complexity index is 580. The molecule has 0 radical (unpaired) electrons. The summed E-state index contributed by atoms with van der Waals surface area (Å²) in [7, 11) is 0. The molecule has 24 heavy (non-hydrogen) atoms. The van der Waals surface area contributed by atoms with Crippen molar-refractivity contribution in [1.82, 2.24) is 15.0 Å². The molecule has 1 saturated carbocycles. The van der Waals surface area contributed by atoms with E-state index in [1.54, 1.807) is 6.07 Å². The molecule has 132 valence electrons. The topological polar surface area (TPSA) is 79.0 Å². The van der Waals surface area contributed by atoms with Crippen LogP contribution in [0, 0.1) is 5.92 Å². The van der Waals surface area contributed by atoms with Gasteiger partial charge >= 0.3 is 0 Å². The standard InChI is InChI=1S/C17H25N3O4/c21-10-14-6-15(18-24-14)13-8-20(9-13)17(22)16-11-23-5-4-19(16)7-12-2-1-3-12/h6,12-13,16,21H,1-5,7-11H2. The van der Waals surface area contributed by atoms with Gasteiger partial charge in [0.25, 0.3) is 0 Å². The van der Waals surface area contributed by atoms with E-state index in [4.69, 9.17) is 14.4 Å². The summed E-state index contributed by atoms with van der Waals surface area (Å²) in [5.41, 5.74) is 0.828. The van der Waals surface area contributed by atoms with Crippen LogP contribution in [0.1, 0.15) is 36.6 Å². The van der Waals surface area contributed by atoms with Gasteiger partial charge in [-0.2, -0.15) is 0 Å². The van der Waals surface area contributed by atoms with Gasteiger partial charge in [0.05, 0.1) is 18.9 Å². The van der Waals surface area contributed by atoms with E-state index in [2.05, 4.69) is 10.1 Å². The summed E-state index contributed by atoms with van der Waals surface area (Å²) in [5.74, 6) is 1.62. The van der Waals surface area contributed by atoms with Gasteiger partial charge in [0.2, 0.25) is 5.91 Å². The molecule has 0 spiro atoms. The van der Waals surface area contributed by atoms with Crippen LogP contribution in [0.4, 0.5) is 0 Å². The Morgan fingerprint density at radius 2 is 2.21 bits per heavy atom. The first-order chi connectivity index (χ1) is 11.7. The number of carbonyl (C=O) groups is 1. The van der Waals surface area contributed by atoms with Gasteiger partial charge in [0.1, 0.15) is 12.6 Å². The van der Waals surface area contributed by atoms with Gasteiger partial charge < -0.3 is 19.3 Å². The third-order valence-corrected chi connectivity index (χ3v) is 5.59. The molecule has 7 heteroatoms. The molecule has 0 aromatic carbocycles. The molecule has 3 heterocycles. The minimum Gasteiger partial charge on any atom is -0.388 e. The van der Waals surface area contributed by atoms with E-state index in [0.717, 1.165) is 31.3 Å². The van der Waals surface area contributed by atoms with Crippen LogP contribution < -0.4 is 0 Å². The monoisotopic (exact) mass is 335 g/mol. The number of carbonyl (C=O) groups excluding carboxylic acids is 1. The van der Waals surface area contributed by atoms with Crippen LogP contribution in [-0.2, 0) is 16.1 Å². The van der Waals surface area contributed by atoms with E-state index in [1.165, 1.54) is 19.3 Å². The molecular weight excluding hydrogens is 310 g/mol. The zero-order valence-corrected chi connectivity index (χ0v) is 13.9. The quantitative estimate of drug-likeness (QED) is 0.849. The van der Waals surface area contributed by atoms with Crippen LogP contribution in [0.2, 0.25) is 0 Å². The Balaban J connectivity index is 1.33. The maximum Gasteiger partial charge on any atom is 0.242 e. The van der Waals surface area contributed by atoms with Crippen LogP contribution in [0.15, 0.2) is 10.6 Å². The lowest BCUT2D eigenvalue weighted by Gasteiger charge is -2.45. The fourth-order valence-electron chi connectivity index (χ4n) is 3.74. The van der Waals surface area contributed by atoms with E-state index < -0.39 is 0 Å². The number of aromatic nitrogens is 1. The van der Waals surface area contributed by atoms with Crippen LogP contribution >= 0.6 is 0 Å². The van der Waals surface area contributed by atoms with Crippen LogP contribution in [0.25, 0.3) is 0 Å². The van der Waals surface area contributed by atoms with Gasteiger partial charge in [0, 0.05) is 38.2 Å². The average Bonchev–Trinajstić information content (AvgIpc) is 2.98. The van der Waals surface area contributed by atoms with Crippen molar-refractivity contribution < 1.29 is 19.2 Å². The molecule has 7 nitrogen and oxygen atoms in total. The summed E-state index contributed by atoms with van der Waals surface area (Å²) in [6.07, 6.45) is 3.92. The van der Waals surface area contributed by atoms with Gasteiger partial charge in [-0.3, -0.25) is 9.69 Å². The summed E-state index contributed by atoms with van der Waals surface area (Å²) in [4.78, 5) is 17.1. The highest BCUT2D eigenvalue weighted by molar-refractivity contribution is 5.83. The smallest absolute Gasteiger partial charge is 0.242 e.